The summed E-state index contributed by atoms with van der Waals surface area (Å²) in [6, 6.07) is 18.9. The Balaban J connectivity index is 1.65. The zero-order valence-corrected chi connectivity index (χ0v) is 17.2. The van der Waals surface area contributed by atoms with Crippen molar-refractivity contribution < 1.29 is 19.2 Å². The number of nitro groups is 1. The van der Waals surface area contributed by atoms with Crippen LogP contribution in [0.15, 0.2) is 66.7 Å². The summed E-state index contributed by atoms with van der Waals surface area (Å²) < 4.78 is 5.84. The van der Waals surface area contributed by atoms with Crippen molar-refractivity contribution in [2.24, 2.45) is 0 Å². The Kier molecular flexibility index (Phi) is 5.38. The molecule has 0 spiro atoms. The third kappa shape index (κ3) is 3.97. The number of non-ortho nitro benzene ring substituents is 1. The van der Waals surface area contributed by atoms with E-state index in [4.69, 9.17) is 4.74 Å². The number of nitro benzene ring substituents is 1. The Morgan fingerprint density at radius 2 is 1.77 bits per heavy atom. The summed E-state index contributed by atoms with van der Waals surface area (Å²) >= 11 is 0. The molecular formula is C25H21NO5. The Morgan fingerprint density at radius 3 is 2.52 bits per heavy atom. The van der Waals surface area contributed by atoms with Gasteiger partial charge in [-0.1, -0.05) is 60.2 Å². The van der Waals surface area contributed by atoms with Crippen molar-refractivity contribution in [1.29, 1.82) is 0 Å². The van der Waals surface area contributed by atoms with Gasteiger partial charge in [-0.25, -0.2) is 0 Å². The molecular weight excluding hydrogens is 394 g/mol. The summed E-state index contributed by atoms with van der Waals surface area (Å²) in [5.41, 5.74) is 4.53. The molecule has 0 N–H and O–H groups in total. The number of ether oxygens (including phenoxy) is 1. The fourth-order valence-corrected chi connectivity index (χ4v) is 4.19. The van der Waals surface area contributed by atoms with E-state index < -0.39 is 22.9 Å². The molecule has 0 radical (unpaired) electrons. The van der Waals surface area contributed by atoms with Crippen molar-refractivity contribution in [3.05, 3.63) is 110 Å². The van der Waals surface area contributed by atoms with Crippen molar-refractivity contribution in [1.82, 2.24) is 0 Å². The van der Waals surface area contributed by atoms with Crippen LogP contribution in [0.1, 0.15) is 50.2 Å². The number of nitrogens with zero attached hydrogens (tertiary/aromatic N) is 1. The fraction of sp³-hybridized carbons (Fsp3) is 0.200. The Morgan fingerprint density at radius 1 is 1.00 bits per heavy atom. The molecule has 1 aliphatic rings. The van der Waals surface area contributed by atoms with E-state index >= 15 is 0 Å². The molecule has 1 aliphatic carbocycles. The molecule has 0 heterocycles. The van der Waals surface area contributed by atoms with E-state index in [1.807, 2.05) is 44.2 Å². The van der Waals surface area contributed by atoms with Crippen LogP contribution in [0.3, 0.4) is 0 Å². The zero-order chi connectivity index (χ0) is 22.1. The topological polar surface area (TPSA) is 86.5 Å². The number of benzene rings is 3. The standard InChI is InChI=1S/C25H21NO5/c1-15-10-11-19(16(2)12-15)23-24(28)20-8-3-4-9-21(20)25(23)31-22(27)14-17-6-5-7-18(13-17)26(29)30/h3-13,23,25H,14H2,1-2H3. The van der Waals surface area contributed by atoms with Crippen LogP contribution in [0.2, 0.25) is 0 Å². The van der Waals surface area contributed by atoms with Gasteiger partial charge in [0.05, 0.1) is 17.3 Å². The van der Waals surface area contributed by atoms with E-state index in [-0.39, 0.29) is 17.9 Å². The van der Waals surface area contributed by atoms with Crippen LogP contribution in [0.4, 0.5) is 5.69 Å². The lowest BCUT2D eigenvalue weighted by atomic mass is 9.89. The summed E-state index contributed by atoms with van der Waals surface area (Å²) in [5, 5.41) is 11.0. The SMILES string of the molecule is Cc1ccc(C2C(=O)c3ccccc3C2OC(=O)Cc2cccc([N+](=O)[O-])c2)c(C)c1. The second kappa shape index (κ2) is 8.14. The summed E-state index contributed by atoms with van der Waals surface area (Å²) in [4.78, 5) is 36.5. The average molecular weight is 415 g/mol. The van der Waals surface area contributed by atoms with Crippen LogP contribution >= 0.6 is 0 Å². The maximum absolute atomic E-state index is 13.2. The van der Waals surface area contributed by atoms with Gasteiger partial charge < -0.3 is 4.74 Å². The summed E-state index contributed by atoms with van der Waals surface area (Å²) in [7, 11) is 0. The largest absolute Gasteiger partial charge is 0.456 e. The van der Waals surface area contributed by atoms with Crippen molar-refractivity contribution >= 4 is 17.4 Å². The first kappa shape index (κ1) is 20.5. The van der Waals surface area contributed by atoms with Crippen LogP contribution in [-0.2, 0) is 16.0 Å². The molecule has 0 saturated carbocycles. The number of carbonyl (C=O) groups excluding carboxylic acids is 2. The molecule has 3 aromatic rings. The van der Waals surface area contributed by atoms with Crippen LogP contribution in [0.5, 0.6) is 0 Å². The lowest BCUT2D eigenvalue weighted by Crippen LogP contribution is -2.20. The van der Waals surface area contributed by atoms with Gasteiger partial charge in [-0.3, -0.25) is 19.7 Å². The highest BCUT2D eigenvalue weighted by Gasteiger charge is 2.43. The number of esters is 1. The van der Waals surface area contributed by atoms with Crippen molar-refractivity contribution in [2.75, 3.05) is 0 Å². The predicted octanol–water partition coefficient (Wildman–Crippen LogP) is 5.02. The molecule has 3 aromatic carbocycles. The number of Topliss-reactive ketones (excluding diaryl/α,β-unsaturated/α-hetero) is 1. The van der Waals surface area contributed by atoms with Gasteiger partial charge in [-0.05, 0) is 30.5 Å². The molecule has 6 nitrogen and oxygen atoms in total. The molecule has 2 atom stereocenters. The van der Waals surface area contributed by atoms with Gasteiger partial charge in [0.15, 0.2) is 5.78 Å². The first-order valence-electron chi connectivity index (χ1n) is 9.98. The van der Waals surface area contributed by atoms with E-state index in [0.29, 0.717) is 16.7 Å². The van der Waals surface area contributed by atoms with Crippen molar-refractivity contribution in [2.45, 2.75) is 32.3 Å². The molecule has 0 saturated heterocycles. The maximum atomic E-state index is 13.2. The predicted molar refractivity (Wildman–Crippen MR) is 115 cm³/mol. The Hall–Kier alpha value is -3.80. The minimum atomic E-state index is -0.740. The van der Waals surface area contributed by atoms with Crippen LogP contribution in [-0.4, -0.2) is 16.7 Å². The molecule has 0 bridgehead atoms. The lowest BCUT2D eigenvalue weighted by Gasteiger charge is -2.22. The van der Waals surface area contributed by atoms with Gasteiger partial charge in [0.1, 0.15) is 6.10 Å². The number of rotatable bonds is 5. The van der Waals surface area contributed by atoms with E-state index in [1.54, 1.807) is 18.2 Å². The molecule has 2 unspecified atom stereocenters. The average Bonchev–Trinajstić information content (AvgIpc) is 3.00. The third-order valence-electron chi connectivity index (χ3n) is 5.61. The number of hydrogen-bond donors (Lipinski definition) is 0. The number of aryl methyl sites for hydroxylation is 2. The first-order valence-corrected chi connectivity index (χ1v) is 9.98. The number of hydrogen-bond acceptors (Lipinski definition) is 5. The van der Waals surface area contributed by atoms with Gasteiger partial charge in [0.25, 0.3) is 5.69 Å². The van der Waals surface area contributed by atoms with E-state index in [0.717, 1.165) is 16.7 Å². The summed E-state index contributed by atoms with van der Waals surface area (Å²) in [6.07, 6.45) is -0.856. The highest BCUT2D eigenvalue weighted by molar-refractivity contribution is 6.06. The van der Waals surface area contributed by atoms with E-state index in [2.05, 4.69) is 0 Å². The molecule has 0 fully saturated rings. The Labute approximate surface area is 179 Å². The smallest absolute Gasteiger partial charge is 0.310 e. The minimum absolute atomic E-state index is 0.0734. The number of ketones is 1. The highest BCUT2D eigenvalue weighted by atomic mass is 16.6. The first-order chi connectivity index (χ1) is 14.8. The minimum Gasteiger partial charge on any atom is -0.456 e. The normalized spacial score (nSPS) is 17.3. The zero-order valence-electron chi connectivity index (χ0n) is 17.2. The fourth-order valence-electron chi connectivity index (χ4n) is 4.19. The molecule has 31 heavy (non-hydrogen) atoms. The molecule has 0 aromatic heterocycles. The second-order valence-corrected chi connectivity index (χ2v) is 7.80. The molecule has 0 amide bonds. The van der Waals surface area contributed by atoms with Gasteiger partial charge in [-0.2, -0.15) is 0 Å². The van der Waals surface area contributed by atoms with Gasteiger partial charge in [-0.15, -0.1) is 0 Å². The maximum Gasteiger partial charge on any atom is 0.310 e. The monoisotopic (exact) mass is 415 g/mol. The van der Waals surface area contributed by atoms with E-state index in [1.165, 1.54) is 18.2 Å². The van der Waals surface area contributed by atoms with Crippen LogP contribution in [0, 0.1) is 24.0 Å². The van der Waals surface area contributed by atoms with E-state index in [9.17, 15) is 19.7 Å². The highest BCUT2D eigenvalue weighted by Crippen LogP contribution is 2.45. The second-order valence-electron chi connectivity index (χ2n) is 7.80. The summed E-state index contributed by atoms with van der Waals surface area (Å²) in [5.74, 6) is -1.23. The molecule has 156 valence electrons. The number of fused-ring (bicyclic) bond motifs is 1. The Bertz CT molecular complexity index is 1200. The van der Waals surface area contributed by atoms with Gasteiger partial charge >= 0.3 is 5.97 Å². The van der Waals surface area contributed by atoms with Crippen LogP contribution in [0.25, 0.3) is 0 Å². The quantitative estimate of drug-likeness (QED) is 0.332. The summed E-state index contributed by atoms with van der Waals surface area (Å²) in [6.45, 7) is 3.93. The third-order valence-corrected chi connectivity index (χ3v) is 5.61. The molecule has 0 aliphatic heterocycles. The van der Waals surface area contributed by atoms with Gasteiger partial charge in [0.2, 0.25) is 0 Å². The molecule has 6 heteroatoms. The number of carbonyl (C=O) groups is 2. The van der Waals surface area contributed by atoms with Crippen LogP contribution < -0.4 is 0 Å². The van der Waals surface area contributed by atoms with Gasteiger partial charge in [0, 0.05) is 23.3 Å². The lowest BCUT2D eigenvalue weighted by molar-refractivity contribution is -0.384. The van der Waals surface area contributed by atoms with Crippen molar-refractivity contribution in [3.8, 4) is 0 Å². The molecule has 4 rings (SSSR count). The van der Waals surface area contributed by atoms with Crippen molar-refractivity contribution in [3.63, 3.8) is 0 Å².